The summed E-state index contributed by atoms with van der Waals surface area (Å²) in [6.45, 7) is 4.19. The molecular weight excluding hydrogens is 238 g/mol. The molecule has 2 rings (SSSR count). The second kappa shape index (κ2) is 4.84. The molecular formula is C13H18ClNO2. The second-order valence-electron chi connectivity index (χ2n) is 4.61. The Labute approximate surface area is 107 Å². The minimum Gasteiger partial charge on any atom is -0.495 e. The molecule has 3 nitrogen and oxygen atoms in total. The Morgan fingerprint density at radius 2 is 2.18 bits per heavy atom. The van der Waals surface area contributed by atoms with Crippen LogP contribution in [-0.2, 0) is 10.2 Å². The van der Waals surface area contributed by atoms with E-state index in [0.29, 0.717) is 11.6 Å². The summed E-state index contributed by atoms with van der Waals surface area (Å²) in [5.41, 5.74) is 8.16. The lowest BCUT2D eigenvalue weighted by molar-refractivity contribution is -0.0634. The first-order valence-electron chi connectivity index (χ1n) is 5.75. The van der Waals surface area contributed by atoms with Crippen molar-refractivity contribution in [3.8, 4) is 5.75 Å². The van der Waals surface area contributed by atoms with Crippen LogP contribution in [0.4, 0.5) is 0 Å². The average Bonchev–Trinajstić information content (AvgIpc) is 2.26. The van der Waals surface area contributed by atoms with E-state index in [1.54, 1.807) is 7.11 Å². The lowest BCUT2D eigenvalue weighted by atomic mass is 9.74. The van der Waals surface area contributed by atoms with Gasteiger partial charge < -0.3 is 15.2 Å². The minimum atomic E-state index is 0.0503. The van der Waals surface area contributed by atoms with E-state index in [-0.39, 0.29) is 5.41 Å². The van der Waals surface area contributed by atoms with E-state index in [1.165, 1.54) is 11.1 Å². The molecule has 0 atom stereocenters. The summed E-state index contributed by atoms with van der Waals surface area (Å²) in [5.74, 6) is 0.719. The molecule has 1 aromatic carbocycles. The smallest absolute Gasteiger partial charge is 0.137 e. The molecule has 0 aliphatic carbocycles. The van der Waals surface area contributed by atoms with Crippen LogP contribution in [-0.4, -0.2) is 26.9 Å². The monoisotopic (exact) mass is 255 g/mol. The number of benzene rings is 1. The molecule has 1 aliphatic heterocycles. The van der Waals surface area contributed by atoms with Crippen molar-refractivity contribution in [1.82, 2.24) is 0 Å². The van der Waals surface area contributed by atoms with Gasteiger partial charge in [0.15, 0.2) is 0 Å². The van der Waals surface area contributed by atoms with Gasteiger partial charge in [0.2, 0.25) is 0 Å². The van der Waals surface area contributed by atoms with E-state index in [2.05, 4.69) is 6.92 Å². The van der Waals surface area contributed by atoms with Gasteiger partial charge in [0, 0.05) is 5.41 Å². The Morgan fingerprint density at radius 1 is 1.47 bits per heavy atom. The van der Waals surface area contributed by atoms with Crippen LogP contribution in [0.1, 0.15) is 17.5 Å². The molecule has 17 heavy (non-hydrogen) atoms. The average molecular weight is 256 g/mol. The molecule has 94 valence electrons. The summed E-state index contributed by atoms with van der Waals surface area (Å²) in [6, 6.07) is 3.97. The summed E-state index contributed by atoms with van der Waals surface area (Å²) >= 11 is 6.19. The fraction of sp³-hybridized carbons (Fsp3) is 0.538. The highest BCUT2D eigenvalue weighted by Gasteiger charge is 2.40. The zero-order chi connectivity index (χ0) is 12.5. The maximum atomic E-state index is 6.19. The molecule has 0 unspecified atom stereocenters. The van der Waals surface area contributed by atoms with Crippen LogP contribution in [0, 0.1) is 6.92 Å². The van der Waals surface area contributed by atoms with Gasteiger partial charge in [-0.1, -0.05) is 11.6 Å². The molecule has 0 bridgehead atoms. The Kier molecular flexibility index (Phi) is 3.61. The quantitative estimate of drug-likeness (QED) is 0.898. The highest BCUT2D eigenvalue weighted by atomic mass is 35.5. The molecule has 1 heterocycles. The Balaban J connectivity index is 2.41. The van der Waals surface area contributed by atoms with Crippen molar-refractivity contribution in [2.45, 2.75) is 18.8 Å². The van der Waals surface area contributed by atoms with E-state index in [4.69, 9.17) is 26.8 Å². The molecule has 4 heteroatoms. The van der Waals surface area contributed by atoms with Crippen LogP contribution in [0.2, 0.25) is 5.02 Å². The van der Waals surface area contributed by atoms with E-state index in [1.807, 2.05) is 12.1 Å². The summed E-state index contributed by atoms with van der Waals surface area (Å²) in [7, 11) is 1.63. The summed E-state index contributed by atoms with van der Waals surface area (Å²) in [6.07, 6.45) is 0.927. The number of halogens is 1. The van der Waals surface area contributed by atoms with Crippen LogP contribution in [0.5, 0.6) is 5.75 Å². The lowest BCUT2D eigenvalue weighted by Crippen LogP contribution is -2.48. The van der Waals surface area contributed by atoms with E-state index >= 15 is 0 Å². The van der Waals surface area contributed by atoms with Crippen molar-refractivity contribution in [1.29, 1.82) is 0 Å². The second-order valence-corrected chi connectivity index (χ2v) is 5.02. The standard InChI is InChI=1S/C13H18ClNO2/c1-9-5-12(16-2)11(14)6-10(9)13(3-4-15)7-17-8-13/h5-6H,3-4,7-8,15H2,1-2H3. The van der Waals surface area contributed by atoms with Gasteiger partial charge in [-0.15, -0.1) is 0 Å². The van der Waals surface area contributed by atoms with Crippen molar-refractivity contribution in [2.24, 2.45) is 5.73 Å². The molecule has 1 fully saturated rings. The number of rotatable bonds is 4. The molecule has 0 spiro atoms. The summed E-state index contributed by atoms with van der Waals surface area (Å²) in [5, 5.41) is 0.649. The van der Waals surface area contributed by atoms with Gasteiger partial charge in [0.1, 0.15) is 5.75 Å². The highest BCUT2D eigenvalue weighted by molar-refractivity contribution is 6.32. The van der Waals surface area contributed by atoms with Crippen LogP contribution in [0.25, 0.3) is 0 Å². The van der Waals surface area contributed by atoms with Gasteiger partial charge in [0.05, 0.1) is 25.3 Å². The topological polar surface area (TPSA) is 44.5 Å². The van der Waals surface area contributed by atoms with Gasteiger partial charge in [-0.3, -0.25) is 0 Å². The third kappa shape index (κ3) is 2.15. The van der Waals surface area contributed by atoms with Gasteiger partial charge >= 0.3 is 0 Å². The summed E-state index contributed by atoms with van der Waals surface area (Å²) < 4.78 is 10.6. The molecule has 0 saturated carbocycles. The van der Waals surface area contributed by atoms with Crippen molar-refractivity contribution in [3.05, 3.63) is 28.3 Å². The minimum absolute atomic E-state index is 0.0503. The molecule has 1 aromatic rings. The largest absolute Gasteiger partial charge is 0.495 e. The third-order valence-corrected chi connectivity index (χ3v) is 3.75. The Bertz CT molecular complexity index is 416. The maximum absolute atomic E-state index is 6.19. The number of methoxy groups -OCH3 is 1. The number of hydrogen-bond donors (Lipinski definition) is 1. The van der Waals surface area contributed by atoms with E-state index in [9.17, 15) is 0 Å². The maximum Gasteiger partial charge on any atom is 0.137 e. The third-order valence-electron chi connectivity index (χ3n) is 3.45. The SMILES string of the molecule is COc1cc(C)c(C2(CCN)COC2)cc1Cl. The van der Waals surface area contributed by atoms with Crippen molar-refractivity contribution < 1.29 is 9.47 Å². The predicted octanol–water partition coefficient (Wildman–Crippen LogP) is 2.27. The van der Waals surface area contributed by atoms with Gasteiger partial charge in [0.25, 0.3) is 0 Å². The molecule has 2 N–H and O–H groups in total. The van der Waals surface area contributed by atoms with Crippen LogP contribution >= 0.6 is 11.6 Å². The molecule has 1 saturated heterocycles. The van der Waals surface area contributed by atoms with Crippen LogP contribution < -0.4 is 10.5 Å². The Morgan fingerprint density at radius 3 is 2.65 bits per heavy atom. The first-order chi connectivity index (χ1) is 8.13. The van der Waals surface area contributed by atoms with Crippen molar-refractivity contribution >= 4 is 11.6 Å². The predicted molar refractivity (Wildman–Crippen MR) is 68.9 cm³/mol. The molecule has 1 aliphatic rings. The van der Waals surface area contributed by atoms with Crippen molar-refractivity contribution in [3.63, 3.8) is 0 Å². The highest BCUT2D eigenvalue weighted by Crippen LogP contribution is 2.40. The van der Waals surface area contributed by atoms with Gasteiger partial charge in [-0.2, -0.15) is 0 Å². The normalized spacial score (nSPS) is 17.6. The zero-order valence-corrected chi connectivity index (χ0v) is 11.0. The fourth-order valence-corrected chi connectivity index (χ4v) is 2.68. The number of nitrogens with two attached hydrogens (primary N) is 1. The number of hydrogen-bond acceptors (Lipinski definition) is 3. The number of ether oxygens (including phenoxy) is 2. The van der Waals surface area contributed by atoms with Crippen molar-refractivity contribution in [2.75, 3.05) is 26.9 Å². The fourth-order valence-electron chi connectivity index (χ4n) is 2.44. The molecule has 0 amide bonds. The first-order valence-corrected chi connectivity index (χ1v) is 6.13. The Hall–Kier alpha value is -0.770. The molecule has 0 radical (unpaired) electrons. The van der Waals surface area contributed by atoms with E-state index < -0.39 is 0 Å². The van der Waals surface area contributed by atoms with Gasteiger partial charge in [-0.05, 0) is 43.1 Å². The first kappa shape index (κ1) is 12.7. The van der Waals surface area contributed by atoms with Gasteiger partial charge in [-0.25, -0.2) is 0 Å². The number of aryl methyl sites for hydroxylation is 1. The lowest BCUT2D eigenvalue weighted by Gasteiger charge is -2.43. The van der Waals surface area contributed by atoms with Crippen LogP contribution in [0.3, 0.4) is 0 Å². The zero-order valence-electron chi connectivity index (χ0n) is 10.3. The van der Waals surface area contributed by atoms with E-state index in [0.717, 1.165) is 25.4 Å². The molecule has 0 aromatic heterocycles. The summed E-state index contributed by atoms with van der Waals surface area (Å²) in [4.78, 5) is 0. The van der Waals surface area contributed by atoms with Crippen LogP contribution in [0.15, 0.2) is 12.1 Å².